The number of carbonyl (C=O) groups excluding carboxylic acids is 2. The second-order valence-corrected chi connectivity index (χ2v) is 5.62. The molecule has 0 aromatic heterocycles. The number of benzene rings is 1. The fourth-order valence-electron chi connectivity index (χ4n) is 3.06. The zero-order valence-corrected chi connectivity index (χ0v) is 12.2. The number of amides is 2. The third-order valence-corrected chi connectivity index (χ3v) is 4.08. The molecule has 2 amide bonds. The van der Waals surface area contributed by atoms with Crippen LogP contribution in [0, 0.1) is 0 Å². The molecule has 0 bridgehead atoms. The molecule has 3 rings (SSSR count). The van der Waals surface area contributed by atoms with Crippen molar-refractivity contribution in [3.63, 3.8) is 0 Å². The van der Waals surface area contributed by atoms with Gasteiger partial charge in [-0.05, 0) is 25.5 Å². The van der Waals surface area contributed by atoms with Crippen molar-refractivity contribution < 1.29 is 14.3 Å². The fourth-order valence-corrected chi connectivity index (χ4v) is 3.06. The minimum Gasteiger partial charge on any atom is -0.375 e. The zero-order chi connectivity index (χ0) is 14.8. The number of hydrogen-bond acceptors (Lipinski definition) is 3. The Labute approximate surface area is 124 Å². The molecule has 5 nitrogen and oxygen atoms in total. The second-order valence-electron chi connectivity index (χ2n) is 5.62. The molecule has 21 heavy (non-hydrogen) atoms. The van der Waals surface area contributed by atoms with Crippen molar-refractivity contribution in [1.82, 2.24) is 4.90 Å². The predicted octanol–water partition coefficient (Wildman–Crippen LogP) is 1.43. The number of para-hydroxylation sites is 1. The molecule has 2 heterocycles. The molecular formula is C16H20N2O3. The van der Waals surface area contributed by atoms with Gasteiger partial charge in [0.15, 0.2) is 0 Å². The molecule has 0 aliphatic carbocycles. The van der Waals surface area contributed by atoms with E-state index < -0.39 is 0 Å². The Morgan fingerprint density at radius 1 is 1.29 bits per heavy atom. The first-order chi connectivity index (χ1) is 10.2. The maximum absolute atomic E-state index is 12.8. The lowest BCUT2D eigenvalue weighted by Crippen LogP contribution is -2.52. The van der Waals surface area contributed by atoms with Crippen molar-refractivity contribution in [2.24, 2.45) is 0 Å². The number of rotatable bonds is 2. The van der Waals surface area contributed by atoms with Gasteiger partial charge in [0.2, 0.25) is 11.8 Å². The molecular weight excluding hydrogens is 268 g/mol. The summed E-state index contributed by atoms with van der Waals surface area (Å²) in [7, 11) is 0. The van der Waals surface area contributed by atoms with E-state index in [0.717, 1.165) is 5.69 Å². The quantitative estimate of drug-likeness (QED) is 0.827. The lowest BCUT2D eigenvalue weighted by atomic mass is 10.1. The number of nitrogens with zero attached hydrogens (tertiary/aromatic N) is 2. The molecule has 2 atom stereocenters. The van der Waals surface area contributed by atoms with E-state index in [9.17, 15) is 9.59 Å². The number of hydrogen-bond donors (Lipinski definition) is 0. The summed E-state index contributed by atoms with van der Waals surface area (Å²) < 4.78 is 5.48. The first kappa shape index (κ1) is 14.1. The summed E-state index contributed by atoms with van der Waals surface area (Å²) in [6.45, 7) is 3.75. The average Bonchev–Trinajstić information content (AvgIpc) is 2.89. The summed E-state index contributed by atoms with van der Waals surface area (Å²) in [5.74, 6) is 0.0701. The summed E-state index contributed by atoms with van der Waals surface area (Å²) in [6.07, 6.45) is 1.09. The van der Waals surface area contributed by atoms with Crippen molar-refractivity contribution in [2.45, 2.75) is 31.9 Å². The number of morpholine rings is 1. The van der Waals surface area contributed by atoms with E-state index in [0.29, 0.717) is 32.5 Å². The summed E-state index contributed by atoms with van der Waals surface area (Å²) in [6, 6.07) is 9.07. The van der Waals surface area contributed by atoms with Gasteiger partial charge in [-0.25, -0.2) is 0 Å². The molecule has 2 unspecified atom stereocenters. The van der Waals surface area contributed by atoms with E-state index in [-0.39, 0.29) is 24.0 Å². The third kappa shape index (κ3) is 2.78. The largest absolute Gasteiger partial charge is 0.375 e. The summed E-state index contributed by atoms with van der Waals surface area (Å²) >= 11 is 0. The van der Waals surface area contributed by atoms with Crippen LogP contribution in [0.25, 0.3) is 0 Å². The molecule has 0 spiro atoms. The fraction of sp³-hybridized carbons (Fsp3) is 0.500. The van der Waals surface area contributed by atoms with Crippen LogP contribution < -0.4 is 4.90 Å². The van der Waals surface area contributed by atoms with Gasteiger partial charge in [-0.2, -0.15) is 0 Å². The molecule has 0 radical (unpaired) electrons. The third-order valence-electron chi connectivity index (χ3n) is 4.08. The standard InChI is InChI=1S/C16H20N2O3/c1-12-11-17(9-10-21-12)16(20)14-7-8-15(19)18(14)13-5-3-2-4-6-13/h2-6,12,14H,7-11H2,1H3. The highest BCUT2D eigenvalue weighted by molar-refractivity contribution is 6.03. The zero-order valence-electron chi connectivity index (χ0n) is 12.2. The van der Waals surface area contributed by atoms with Crippen molar-refractivity contribution in [3.8, 4) is 0 Å². The number of ether oxygens (including phenoxy) is 1. The van der Waals surface area contributed by atoms with Crippen molar-refractivity contribution in [2.75, 3.05) is 24.6 Å². The highest BCUT2D eigenvalue weighted by atomic mass is 16.5. The van der Waals surface area contributed by atoms with Gasteiger partial charge < -0.3 is 9.64 Å². The Morgan fingerprint density at radius 3 is 2.76 bits per heavy atom. The van der Waals surface area contributed by atoms with Gasteiger partial charge in [0.1, 0.15) is 6.04 Å². The Kier molecular flexibility index (Phi) is 3.92. The summed E-state index contributed by atoms with van der Waals surface area (Å²) in [5, 5.41) is 0. The van der Waals surface area contributed by atoms with Crippen LogP contribution in [-0.4, -0.2) is 48.6 Å². The first-order valence-electron chi connectivity index (χ1n) is 7.44. The molecule has 0 saturated carbocycles. The van der Waals surface area contributed by atoms with Gasteiger partial charge in [-0.1, -0.05) is 18.2 Å². The summed E-state index contributed by atoms with van der Waals surface area (Å²) in [4.78, 5) is 28.4. The van der Waals surface area contributed by atoms with E-state index in [2.05, 4.69) is 0 Å². The van der Waals surface area contributed by atoms with Crippen molar-refractivity contribution in [1.29, 1.82) is 0 Å². The van der Waals surface area contributed by atoms with E-state index in [1.165, 1.54) is 0 Å². The van der Waals surface area contributed by atoms with Crippen molar-refractivity contribution in [3.05, 3.63) is 30.3 Å². The molecule has 0 N–H and O–H groups in total. The lowest BCUT2D eigenvalue weighted by Gasteiger charge is -2.35. The van der Waals surface area contributed by atoms with Crippen LogP contribution >= 0.6 is 0 Å². The Balaban J connectivity index is 1.80. The minimum absolute atomic E-state index is 0.0286. The maximum atomic E-state index is 12.8. The van der Waals surface area contributed by atoms with Crippen LogP contribution in [0.3, 0.4) is 0 Å². The molecule has 2 saturated heterocycles. The van der Waals surface area contributed by atoms with Crippen LogP contribution in [0.5, 0.6) is 0 Å². The second kappa shape index (κ2) is 5.85. The molecule has 112 valence electrons. The topological polar surface area (TPSA) is 49.9 Å². The Hall–Kier alpha value is -1.88. The molecule has 5 heteroatoms. The predicted molar refractivity (Wildman–Crippen MR) is 78.9 cm³/mol. The van der Waals surface area contributed by atoms with E-state index in [1.807, 2.05) is 42.2 Å². The number of carbonyl (C=O) groups is 2. The smallest absolute Gasteiger partial charge is 0.245 e. The molecule has 1 aromatic rings. The number of anilines is 1. The van der Waals surface area contributed by atoms with Gasteiger partial charge in [-0.3, -0.25) is 14.5 Å². The van der Waals surface area contributed by atoms with E-state index >= 15 is 0 Å². The molecule has 2 aliphatic heterocycles. The van der Waals surface area contributed by atoms with Gasteiger partial charge in [0, 0.05) is 25.2 Å². The highest BCUT2D eigenvalue weighted by Crippen LogP contribution is 2.28. The van der Waals surface area contributed by atoms with Crippen LogP contribution in [-0.2, 0) is 14.3 Å². The Morgan fingerprint density at radius 2 is 2.05 bits per heavy atom. The highest BCUT2D eigenvalue weighted by Gasteiger charge is 2.39. The van der Waals surface area contributed by atoms with Crippen LogP contribution in [0.1, 0.15) is 19.8 Å². The molecule has 2 aliphatic rings. The lowest BCUT2D eigenvalue weighted by molar-refractivity contribution is -0.139. The first-order valence-corrected chi connectivity index (χ1v) is 7.44. The van der Waals surface area contributed by atoms with E-state index in [4.69, 9.17) is 4.74 Å². The normalized spacial score (nSPS) is 26.2. The van der Waals surface area contributed by atoms with Crippen molar-refractivity contribution >= 4 is 17.5 Å². The monoisotopic (exact) mass is 288 g/mol. The maximum Gasteiger partial charge on any atom is 0.245 e. The van der Waals surface area contributed by atoms with Crippen LogP contribution in [0.2, 0.25) is 0 Å². The molecule has 2 fully saturated rings. The van der Waals surface area contributed by atoms with Gasteiger partial charge in [0.25, 0.3) is 0 Å². The van der Waals surface area contributed by atoms with Gasteiger partial charge in [-0.15, -0.1) is 0 Å². The Bertz CT molecular complexity index is 532. The summed E-state index contributed by atoms with van der Waals surface area (Å²) in [5.41, 5.74) is 0.805. The SMILES string of the molecule is CC1CN(C(=O)C2CCC(=O)N2c2ccccc2)CCO1. The minimum atomic E-state index is -0.370. The average molecular weight is 288 g/mol. The molecule has 1 aromatic carbocycles. The van der Waals surface area contributed by atoms with Crippen LogP contribution in [0.15, 0.2) is 30.3 Å². The van der Waals surface area contributed by atoms with Gasteiger partial charge >= 0.3 is 0 Å². The van der Waals surface area contributed by atoms with Gasteiger partial charge in [0.05, 0.1) is 12.7 Å². The van der Waals surface area contributed by atoms with E-state index in [1.54, 1.807) is 4.90 Å². The van der Waals surface area contributed by atoms with Crippen LogP contribution in [0.4, 0.5) is 5.69 Å².